The van der Waals surface area contributed by atoms with Crippen molar-refractivity contribution in [3.8, 4) is 0 Å². The number of carbonyl (C=O) groups excluding carboxylic acids is 1. The molecule has 1 amide bonds. The van der Waals surface area contributed by atoms with Crippen LogP contribution in [0.25, 0.3) is 10.9 Å². The average molecular weight is 346 g/mol. The molecule has 2 N–H and O–H groups in total. The first-order valence-electron chi connectivity index (χ1n) is 6.98. The number of carbonyl (C=O) groups is 1. The van der Waals surface area contributed by atoms with Gasteiger partial charge in [-0.25, -0.2) is 4.98 Å². The number of nitrogens with one attached hydrogen (secondary N) is 2. The van der Waals surface area contributed by atoms with Gasteiger partial charge in [0.1, 0.15) is 0 Å². The van der Waals surface area contributed by atoms with E-state index in [-0.39, 0.29) is 24.4 Å². The molecule has 2 heterocycles. The molecule has 0 atom stereocenters. The second-order valence-electron chi connectivity index (χ2n) is 5.02. The van der Waals surface area contributed by atoms with Gasteiger partial charge >= 0.3 is 0 Å². The molecule has 0 fully saturated rings. The van der Waals surface area contributed by atoms with Gasteiger partial charge in [-0.1, -0.05) is 12.1 Å². The molecular formula is C15H14N4O2S2. The molecular weight excluding hydrogens is 332 g/mol. The van der Waals surface area contributed by atoms with Crippen molar-refractivity contribution in [1.82, 2.24) is 14.5 Å². The van der Waals surface area contributed by atoms with Crippen molar-refractivity contribution in [2.45, 2.75) is 19.9 Å². The van der Waals surface area contributed by atoms with Gasteiger partial charge in [0.15, 0.2) is 9.90 Å². The number of para-hydroxylation sites is 1. The molecule has 0 aliphatic rings. The summed E-state index contributed by atoms with van der Waals surface area (Å²) in [6.07, 6.45) is 0.147. The Morgan fingerprint density at radius 3 is 2.96 bits per heavy atom. The van der Waals surface area contributed by atoms with E-state index < -0.39 is 0 Å². The highest BCUT2D eigenvalue weighted by molar-refractivity contribution is 7.71. The summed E-state index contributed by atoms with van der Waals surface area (Å²) in [5.41, 5.74) is 1.36. The molecule has 0 saturated carbocycles. The number of fused-ring (bicyclic) bond motifs is 1. The molecule has 0 saturated heterocycles. The Labute approximate surface area is 140 Å². The van der Waals surface area contributed by atoms with Crippen molar-refractivity contribution in [2.24, 2.45) is 0 Å². The lowest BCUT2D eigenvalue weighted by molar-refractivity contribution is -0.116. The fourth-order valence-electron chi connectivity index (χ4n) is 2.21. The Kier molecular flexibility index (Phi) is 4.35. The van der Waals surface area contributed by atoms with E-state index >= 15 is 0 Å². The standard InChI is InChI=1S/C15H14N4O2S2/c1-9-8-23-14(16-9)18-12(20)6-7-19-13(21)10-4-2-3-5-11(10)17-15(19)22/h2-5,8H,6-7H2,1H3,(H,17,22)(H,16,18,20). The highest BCUT2D eigenvalue weighted by atomic mass is 32.1. The molecule has 1 aromatic carbocycles. The fourth-order valence-corrected chi connectivity index (χ4v) is 3.20. The van der Waals surface area contributed by atoms with Gasteiger partial charge in [0, 0.05) is 18.3 Å². The van der Waals surface area contributed by atoms with Crippen molar-refractivity contribution in [1.29, 1.82) is 0 Å². The molecule has 0 bridgehead atoms. The summed E-state index contributed by atoms with van der Waals surface area (Å²) in [6.45, 7) is 2.08. The SMILES string of the molecule is Cc1csc(NC(=O)CCn2c(=S)[nH]c3ccccc3c2=O)n1. The van der Waals surface area contributed by atoms with Gasteiger partial charge in [-0.15, -0.1) is 11.3 Å². The Morgan fingerprint density at radius 2 is 2.22 bits per heavy atom. The minimum absolute atomic E-state index is 0.147. The lowest BCUT2D eigenvalue weighted by Crippen LogP contribution is -2.25. The fraction of sp³-hybridized carbons (Fsp3) is 0.200. The van der Waals surface area contributed by atoms with Crippen LogP contribution >= 0.6 is 23.6 Å². The number of aryl methyl sites for hydroxylation is 1. The van der Waals surface area contributed by atoms with Crippen molar-refractivity contribution in [3.63, 3.8) is 0 Å². The maximum Gasteiger partial charge on any atom is 0.262 e. The number of benzene rings is 1. The molecule has 0 radical (unpaired) electrons. The first-order valence-corrected chi connectivity index (χ1v) is 8.27. The first kappa shape index (κ1) is 15.6. The second kappa shape index (κ2) is 6.43. The van der Waals surface area contributed by atoms with E-state index in [4.69, 9.17) is 12.2 Å². The van der Waals surface area contributed by atoms with E-state index in [1.54, 1.807) is 18.2 Å². The van der Waals surface area contributed by atoms with E-state index in [1.807, 2.05) is 18.4 Å². The Morgan fingerprint density at radius 1 is 1.43 bits per heavy atom. The lowest BCUT2D eigenvalue weighted by Gasteiger charge is -2.07. The summed E-state index contributed by atoms with van der Waals surface area (Å²) in [6, 6.07) is 7.16. The number of amides is 1. The summed E-state index contributed by atoms with van der Waals surface area (Å²) in [7, 11) is 0. The van der Waals surface area contributed by atoms with Gasteiger partial charge in [0.25, 0.3) is 5.56 Å². The monoisotopic (exact) mass is 346 g/mol. The Hall–Kier alpha value is -2.32. The van der Waals surface area contributed by atoms with E-state index in [1.165, 1.54) is 15.9 Å². The van der Waals surface area contributed by atoms with Crippen LogP contribution in [0.4, 0.5) is 5.13 Å². The van der Waals surface area contributed by atoms with Crippen molar-refractivity contribution in [3.05, 3.63) is 50.5 Å². The summed E-state index contributed by atoms with van der Waals surface area (Å²) >= 11 is 6.59. The van der Waals surface area contributed by atoms with Crippen LogP contribution in [0.3, 0.4) is 0 Å². The zero-order valence-corrected chi connectivity index (χ0v) is 14.0. The summed E-state index contributed by atoms with van der Waals surface area (Å²) in [5, 5.41) is 5.69. The van der Waals surface area contributed by atoms with Crippen molar-refractivity contribution >= 4 is 45.5 Å². The van der Waals surface area contributed by atoms with Crippen LogP contribution in [-0.2, 0) is 11.3 Å². The quantitative estimate of drug-likeness (QED) is 0.712. The van der Waals surface area contributed by atoms with Crippen molar-refractivity contribution < 1.29 is 4.79 Å². The zero-order chi connectivity index (χ0) is 16.4. The number of rotatable bonds is 4. The third kappa shape index (κ3) is 3.38. The minimum Gasteiger partial charge on any atom is -0.332 e. The van der Waals surface area contributed by atoms with E-state index in [0.29, 0.717) is 20.8 Å². The van der Waals surface area contributed by atoms with Gasteiger partial charge in [-0.05, 0) is 31.3 Å². The number of H-pyrrole nitrogens is 1. The van der Waals surface area contributed by atoms with Crippen LogP contribution in [-0.4, -0.2) is 20.4 Å². The maximum absolute atomic E-state index is 12.5. The van der Waals surface area contributed by atoms with Crippen LogP contribution in [0, 0.1) is 11.7 Å². The third-order valence-corrected chi connectivity index (χ3v) is 4.52. The molecule has 0 aliphatic carbocycles. The highest BCUT2D eigenvalue weighted by Gasteiger charge is 2.09. The predicted octanol–water partition coefficient (Wildman–Crippen LogP) is 2.85. The Balaban J connectivity index is 1.78. The van der Waals surface area contributed by atoms with Crippen LogP contribution < -0.4 is 10.9 Å². The van der Waals surface area contributed by atoms with E-state index in [9.17, 15) is 9.59 Å². The molecule has 8 heteroatoms. The summed E-state index contributed by atoms with van der Waals surface area (Å²) in [4.78, 5) is 31.6. The van der Waals surface area contributed by atoms with Crippen LogP contribution in [0.15, 0.2) is 34.4 Å². The molecule has 23 heavy (non-hydrogen) atoms. The number of aromatic amines is 1. The van der Waals surface area contributed by atoms with Gasteiger partial charge in [0.2, 0.25) is 5.91 Å². The number of nitrogens with zero attached hydrogens (tertiary/aromatic N) is 2. The van der Waals surface area contributed by atoms with Gasteiger partial charge < -0.3 is 10.3 Å². The van der Waals surface area contributed by atoms with Crippen LogP contribution in [0.2, 0.25) is 0 Å². The normalized spacial score (nSPS) is 10.8. The van der Waals surface area contributed by atoms with E-state index in [2.05, 4.69) is 15.3 Å². The van der Waals surface area contributed by atoms with E-state index in [0.717, 1.165) is 5.69 Å². The van der Waals surface area contributed by atoms with Gasteiger partial charge in [0.05, 0.1) is 16.6 Å². The maximum atomic E-state index is 12.5. The number of anilines is 1. The smallest absolute Gasteiger partial charge is 0.262 e. The molecule has 3 aromatic rings. The molecule has 118 valence electrons. The number of aromatic nitrogens is 3. The minimum atomic E-state index is -0.200. The largest absolute Gasteiger partial charge is 0.332 e. The number of thiazole rings is 1. The topological polar surface area (TPSA) is 79.8 Å². The number of hydrogen-bond acceptors (Lipinski definition) is 5. The predicted molar refractivity (Wildman–Crippen MR) is 93.5 cm³/mol. The molecule has 3 rings (SSSR count). The van der Waals surface area contributed by atoms with Gasteiger partial charge in [-0.2, -0.15) is 0 Å². The molecule has 6 nitrogen and oxygen atoms in total. The number of hydrogen-bond donors (Lipinski definition) is 2. The van der Waals surface area contributed by atoms with Crippen LogP contribution in [0.5, 0.6) is 0 Å². The molecule has 0 aliphatic heterocycles. The lowest BCUT2D eigenvalue weighted by atomic mass is 10.2. The highest BCUT2D eigenvalue weighted by Crippen LogP contribution is 2.14. The van der Waals surface area contributed by atoms with Gasteiger partial charge in [-0.3, -0.25) is 14.2 Å². The average Bonchev–Trinajstić information content (AvgIpc) is 2.92. The summed E-state index contributed by atoms with van der Waals surface area (Å²) < 4.78 is 1.72. The second-order valence-corrected chi connectivity index (χ2v) is 6.27. The molecule has 2 aromatic heterocycles. The van der Waals surface area contributed by atoms with Crippen molar-refractivity contribution in [2.75, 3.05) is 5.32 Å². The zero-order valence-electron chi connectivity index (χ0n) is 12.3. The first-order chi connectivity index (χ1) is 11.0. The molecule has 0 unspecified atom stereocenters. The summed E-state index contributed by atoms with van der Waals surface area (Å²) in [5.74, 6) is -0.200. The molecule has 0 spiro atoms. The van der Waals surface area contributed by atoms with Crippen LogP contribution in [0.1, 0.15) is 12.1 Å². The Bertz CT molecular complexity index is 987. The third-order valence-electron chi connectivity index (χ3n) is 3.32.